The zero-order valence-corrected chi connectivity index (χ0v) is 15.2. The van der Waals surface area contributed by atoms with Crippen molar-refractivity contribution >= 4 is 11.8 Å². The summed E-state index contributed by atoms with van der Waals surface area (Å²) < 4.78 is 1.86. The average molecular weight is 345 g/mol. The fourth-order valence-electron chi connectivity index (χ4n) is 4.18. The van der Waals surface area contributed by atoms with Crippen molar-refractivity contribution in [1.82, 2.24) is 14.8 Å². The fraction of sp³-hybridized carbons (Fsp3) is 0.632. The summed E-state index contributed by atoms with van der Waals surface area (Å²) in [7, 11) is 0. The van der Waals surface area contributed by atoms with E-state index in [0.29, 0.717) is 25.6 Å². The third-order valence-electron chi connectivity index (χ3n) is 5.63. The van der Waals surface area contributed by atoms with E-state index in [2.05, 4.69) is 5.32 Å². The van der Waals surface area contributed by atoms with Crippen LogP contribution in [0.3, 0.4) is 0 Å². The summed E-state index contributed by atoms with van der Waals surface area (Å²) in [6.07, 6.45) is 1.84. The van der Waals surface area contributed by atoms with Crippen molar-refractivity contribution in [1.29, 1.82) is 0 Å². The molecule has 2 unspecified atom stereocenters. The Labute approximate surface area is 148 Å². The van der Waals surface area contributed by atoms with E-state index in [1.165, 1.54) is 6.92 Å². The van der Waals surface area contributed by atoms with Crippen LogP contribution in [0.15, 0.2) is 23.0 Å². The minimum absolute atomic E-state index is 0.00554. The molecule has 2 bridgehead atoms. The van der Waals surface area contributed by atoms with Gasteiger partial charge in [0.05, 0.1) is 0 Å². The molecule has 3 heterocycles. The van der Waals surface area contributed by atoms with Gasteiger partial charge >= 0.3 is 0 Å². The number of hydrogen-bond donors (Lipinski definition) is 1. The standard InChI is InChI=1S/C19H27N3O3/c1-4-12(2)18(20-13(3)23)19(25)21-9-14-8-15(11-21)16-6-5-7-17(24)22(16)10-14/h5-7,12,14-15,18H,4,8-11H2,1-3H3,(H,20,23)/t12?,14-,15-,18?/m0/s1. The maximum Gasteiger partial charge on any atom is 0.250 e. The summed E-state index contributed by atoms with van der Waals surface area (Å²) in [6, 6.07) is 4.92. The largest absolute Gasteiger partial charge is 0.344 e. The number of nitrogens with one attached hydrogen (secondary N) is 1. The second-order valence-electron chi connectivity index (χ2n) is 7.51. The lowest BCUT2D eigenvalue weighted by Crippen LogP contribution is -2.56. The number of carbonyl (C=O) groups excluding carboxylic acids is 2. The van der Waals surface area contributed by atoms with Gasteiger partial charge in [-0.05, 0) is 24.3 Å². The summed E-state index contributed by atoms with van der Waals surface area (Å²) in [5, 5.41) is 2.84. The van der Waals surface area contributed by atoms with E-state index < -0.39 is 6.04 Å². The van der Waals surface area contributed by atoms with Crippen molar-refractivity contribution in [2.75, 3.05) is 13.1 Å². The van der Waals surface area contributed by atoms with E-state index in [-0.39, 0.29) is 29.2 Å². The van der Waals surface area contributed by atoms with Gasteiger partial charge in [0.2, 0.25) is 11.8 Å². The molecular weight excluding hydrogens is 318 g/mol. The molecular formula is C19H27N3O3. The van der Waals surface area contributed by atoms with E-state index in [9.17, 15) is 14.4 Å². The summed E-state index contributed by atoms with van der Waals surface area (Å²) in [4.78, 5) is 38.6. The molecule has 1 N–H and O–H groups in total. The molecule has 6 nitrogen and oxygen atoms in total. The number of hydrogen-bond acceptors (Lipinski definition) is 3. The molecule has 0 aromatic carbocycles. The minimum Gasteiger partial charge on any atom is -0.344 e. The molecule has 6 heteroatoms. The van der Waals surface area contributed by atoms with Crippen LogP contribution in [0.1, 0.15) is 45.2 Å². The van der Waals surface area contributed by atoms with Gasteiger partial charge in [0.25, 0.3) is 5.56 Å². The quantitative estimate of drug-likeness (QED) is 0.895. The van der Waals surface area contributed by atoms with Gasteiger partial charge in [0.15, 0.2) is 0 Å². The Bertz CT molecular complexity index is 727. The van der Waals surface area contributed by atoms with Gasteiger partial charge in [-0.25, -0.2) is 0 Å². The highest BCUT2D eigenvalue weighted by Gasteiger charge is 2.39. The van der Waals surface area contributed by atoms with Crippen LogP contribution >= 0.6 is 0 Å². The van der Waals surface area contributed by atoms with Crippen LogP contribution in [0, 0.1) is 11.8 Å². The fourth-order valence-corrected chi connectivity index (χ4v) is 4.18. The van der Waals surface area contributed by atoms with E-state index in [1.54, 1.807) is 12.1 Å². The molecule has 0 saturated carbocycles. The number of amides is 2. The molecule has 25 heavy (non-hydrogen) atoms. The van der Waals surface area contributed by atoms with Crippen molar-refractivity contribution in [2.24, 2.45) is 11.8 Å². The first kappa shape index (κ1) is 17.7. The van der Waals surface area contributed by atoms with Crippen molar-refractivity contribution < 1.29 is 9.59 Å². The molecule has 1 aromatic rings. The zero-order chi connectivity index (χ0) is 18.1. The molecule has 4 atom stereocenters. The van der Waals surface area contributed by atoms with Crippen LogP contribution < -0.4 is 10.9 Å². The number of pyridine rings is 1. The Morgan fingerprint density at radius 2 is 2.04 bits per heavy atom. The second-order valence-corrected chi connectivity index (χ2v) is 7.51. The number of nitrogens with zero attached hydrogens (tertiary/aromatic N) is 2. The number of aromatic nitrogens is 1. The predicted molar refractivity (Wildman–Crippen MR) is 95.2 cm³/mol. The van der Waals surface area contributed by atoms with Crippen molar-refractivity contribution in [3.8, 4) is 0 Å². The van der Waals surface area contributed by atoms with E-state index in [0.717, 1.165) is 18.5 Å². The highest BCUT2D eigenvalue weighted by atomic mass is 16.2. The molecule has 1 fully saturated rings. The number of likely N-dealkylation sites (tertiary alicyclic amines) is 1. The zero-order valence-electron chi connectivity index (χ0n) is 15.2. The van der Waals surface area contributed by atoms with E-state index in [1.807, 2.05) is 29.4 Å². The molecule has 1 saturated heterocycles. The molecule has 136 valence electrons. The smallest absolute Gasteiger partial charge is 0.250 e. The molecule has 0 spiro atoms. The van der Waals surface area contributed by atoms with Crippen molar-refractivity contribution in [3.63, 3.8) is 0 Å². The number of rotatable bonds is 4. The van der Waals surface area contributed by atoms with E-state index in [4.69, 9.17) is 0 Å². The first-order chi connectivity index (χ1) is 11.9. The third kappa shape index (κ3) is 3.48. The average Bonchev–Trinajstić information content (AvgIpc) is 2.59. The number of carbonyl (C=O) groups is 2. The summed E-state index contributed by atoms with van der Waals surface area (Å²) >= 11 is 0. The van der Waals surface area contributed by atoms with E-state index >= 15 is 0 Å². The lowest BCUT2D eigenvalue weighted by Gasteiger charge is -2.44. The van der Waals surface area contributed by atoms with Gasteiger partial charge in [-0.2, -0.15) is 0 Å². The van der Waals surface area contributed by atoms with Gasteiger partial charge < -0.3 is 14.8 Å². The van der Waals surface area contributed by atoms with Gasteiger partial charge in [-0.15, -0.1) is 0 Å². The Hall–Kier alpha value is -2.11. The molecule has 2 aliphatic rings. The van der Waals surface area contributed by atoms with Gasteiger partial charge in [-0.1, -0.05) is 26.3 Å². The molecule has 2 amide bonds. The predicted octanol–water partition coefficient (Wildman–Crippen LogP) is 1.34. The molecule has 0 aliphatic carbocycles. The normalized spacial score (nSPS) is 24.2. The third-order valence-corrected chi connectivity index (χ3v) is 5.63. The Balaban J connectivity index is 1.82. The van der Waals surface area contributed by atoms with Crippen LogP contribution in [-0.4, -0.2) is 40.4 Å². The number of fused-ring (bicyclic) bond motifs is 4. The monoisotopic (exact) mass is 345 g/mol. The van der Waals surface area contributed by atoms with Crippen LogP contribution in [0.4, 0.5) is 0 Å². The van der Waals surface area contributed by atoms with Gasteiger partial charge in [0.1, 0.15) is 6.04 Å². The van der Waals surface area contributed by atoms with Gasteiger partial charge in [0, 0.05) is 44.2 Å². The highest BCUT2D eigenvalue weighted by Crippen LogP contribution is 2.35. The van der Waals surface area contributed by atoms with Crippen LogP contribution in [0.2, 0.25) is 0 Å². The maximum atomic E-state index is 13.1. The lowest BCUT2D eigenvalue weighted by molar-refractivity contribution is -0.140. The molecule has 2 aliphatic heterocycles. The molecule has 0 radical (unpaired) electrons. The molecule has 1 aromatic heterocycles. The highest BCUT2D eigenvalue weighted by molar-refractivity contribution is 5.87. The Kier molecular flexibility index (Phi) is 4.97. The maximum absolute atomic E-state index is 13.1. The van der Waals surface area contributed by atoms with Crippen LogP contribution in [0.25, 0.3) is 0 Å². The van der Waals surface area contributed by atoms with Gasteiger partial charge in [-0.3, -0.25) is 14.4 Å². The molecule has 3 rings (SSSR count). The van der Waals surface area contributed by atoms with Crippen LogP contribution in [-0.2, 0) is 16.1 Å². The summed E-state index contributed by atoms with van der Waals surface area (Å²) in [6.45, 7) is 7.42. The van der Waals surface area contributed by atoms with Crippen molar-refractivity contribution in [3.05, 3.63) is 34.2 Å². The van der Waals surface area contributed by atoms with Crippen LogP contribution in [0.5, 0.6) is 0 Å². The lowest BCUT2D eigenvalue weighted by atomic mass is 9.82. The summed E-state index contributed by atoms with van der Waals surface area (Å²) in [5.41, 5.74) is 1.07. The SMILES string of the molecule is CCC(C)C(NC(C)=O)C(=O)N1C[C@@H]2C[C@@H](C1)c1cccc(=O)n1C2. The number of piperidine rings is 1. The second kappa shape index (κ2) is 7.02. The first-order valence-electron chi connectivity index (χ1n) is 9.16. The minimum atomic E-state index is -0.473. The first-order valence-corrected chi connectivity index (χ1v) is 9.16. The Morgan fingerprint density at radius 1 is 1.28 bits per heavy atom. The topological polar surface area (TPSA) is 71.4 Å². The van der Waals surface area contributed by atoms with Crippen molar-refractivity contribution in [2.45, 2.75) is 52.1 Å². The summed E-state index contributed by atoms with van der Waals surface area (Å²) in [5.74, 6) is 0.414. The Morgan fingerprint density at radius 3 is 2.72 bits per heavy atom.